The number of nitrogens with zero attached hydrogens (tertiary/aromatic N) is 2. The van der Waals surface area contributed by atoms with Gasteiger partial charge in [-0.15, -0.1) is 0 Å². The van der Waals surface area contributed by atoms with Crippen LogP contribution in [0.25, 0.3) is 0 Å². The van der Waals surface area contributed by atoms with E-state index in [0.29, 0.717) is 5.69 Å². The van der Waals surface area contributed by atoms with Crippen molar-refractivity contribution in [2.75, 3.05) is 11.9 Å². The van der Waals surface area contributed by atoms with Crippen LogP contribution in [0.2, 0.25) is 0 Å². The minimum Gasteiger partial charge on any atom is -0.396 e. The van der Waals surface area contributed by atoms with Crippen molar-refractivity contribution in [3.63, 3.8) is 0 Å². The molecule has 0 fully saturated rings. The zero-order valence-electron chi connectivity index (χ0n) is 10.8. The monoisotopic (exact) mass is 276 g/mol. The molecule has 1 aromatic heterocycles. The van der Waals surface area contributed by atoms with Crippen LogP contribution in [0.3, 0.4) is 0 Å². The van der Waals surface area contributed by atoms with Crippen LogP contribution in [0.15, 0.2) is 12.4 Å². The van der Waals surface area contributed by atoms with E-state index in [1.165, 1.54) is 12.4 Å². The van der Waals surface area contributed by atoms with Crippen molar-refractivity contribution in [2.24, 2.45) is 5.92 Å². The van der Waals surface area contributed by atoms with Crippen LogP contribution in [0, 0.1) is 5.92 Å². The summed E-state index contributed by atoms with van der Waals surface area (Å²) in [5, 5.41) is 17.8. The van der Waals surface area contributed by atoms with E-state index >= 15 is 0 Å². The zero-order valence-corrected chi connectivity index (χ0v) is 10.8. The van der Waals surface area contributed by atoms with Crippen LogP contribution in [-0.2, 0) is 6.54 Å². The number of nitrogens with one attached hydrogen (secondary N) is 2. The second-order valence-corrected chi connectivity index (χ2v) is 4.39. The molecule has 1 aromatic rings. The van der Waals surface area contributed by atoms with Gasteiger partial charge in [0.25, 0.3) is 6.43 Å². The van der Waals surface area contributed by atoms with Gasteiger partial charge in [-0.3, -0.25) is 4.68 Å². The fourth-order valence-electron chi connectivity index (χ4n) is 1.34. The topological polar surface area (TPSA) is 79.2 Å². The lowest BCUT2D eigenvalue weighted by Crippen LogP contribution is -2.40. The molecule has 0 spiro atoms. The first-order valence-corrected chi connectivity index (χ1v) is 5.91. The Kier molecular flexibility index (Phi) is 5.68. The minimum atomic E-state index is -2.49. The van der Waals surface area contributed by atoms with Gasteiger partial charge >= 0.3 is 6.03 Å². The van der Waals surface area contributed by atoms with Gasteiger partial charge in [0.05, 0.1) is 11.9 Å². The van der Waals surface area contributed by atoms with E-state index in [2.05, 4.69) is 15.7 Å². The van der Waals surface area contributed by atoms with Crippen LogP contribution in [0.1, 0.15) is 13.8 Å². The molecule has 0 aliphatic rings. The summed E-state index contributed by atoms with van der Waals surface area (Å²) in [6.45, 7) is 3.02. The van der Waals surface area contributed by atoms with Crippen LogP contribution in [-0.4, -0.2) is 40.0 Å². The highest BCUT2D eigenvalue weighted by Crippen LogP contribution is 2.07. The quantitative estimate of drug-likeness (QED) is 0.732. The van der Waals surface area contributed by atoms with Gasteiger partial charge in [0.1, 0.15) is 6.54 Å². The van der Waals surface area contributed by atoms with Gasteiger partial charge in [-0.2, -0.15) is 5.10 Å². The Labute approximate surface area is 109 Å². The molecule has 0 saturated carbocycles. The van der Waals surface area contributed by atoms with Crippen LogP contribution < -0.4 is 10.6 Å². The first-order chi connectivity index (χ1) is 8.92. The van der Waals surface area contributed by atoms with Crippen molar-refractivity contribution < 1.29 is 18.7 Å². The number of hydrogen-bond acceptors (Lipinski definition) is 3. The number of carbonyl (C=O) groups excluding carboxylic acids is 1. The van der Waals surface area contributed by atoms with Crippen molar-refractivity contribution in [1.29, 1.82) is 0 Å². The average molecular weight is 276 g/mol. The molecule has 2 atom stereocenters. The summed E-state index contributed by atoms with van der Waals surface area (Å²) in [5.74, 6) is -0.0766. The number of carbonyl (C=O) groups is 1. The van der Waals surface area contributed by atoms with E-state index in [1.807, 2.05) is 0 Å². The highest BCUT2D eigenvalue weighted by Gasteiger charge is 2.14. The van der Waals surface area contributed by atoms with E-state index < -0.39 is 19.0 Å². The molecule has 1 rings (SSSR count). The lowest BCUT2D eigenvalue weighted by molar-refractivity contribution is 0.122. The number of alkyl halides is 2. The number of halogens is 2. The summed E-state index contributed by atoms with van der Waals surface area (Å²) in [5.41, 5.74) is 0.335. The maximum Gasteiger partial charge on any atom is 0.319 e. The van der Waals surface area contributed by atoms with Gasteiger partial charge in [-0.05, 0) is 12.8 Å². The molecule has 6 nitrogen and oxygen atoms in total. The highest BCUT2D eigenvalue weighted by molar-refractivity contribution is 5.89. The first kappa shape index (κ1) is 15.4. The molecule has 0 radical (unpaired) electrons. The third-order valence-electron chi connectivity index (χ3n) is 2.72. The molecule has 108 valence electrons. The summed E-state index contributed by atoms with van der Waals surface area (Å²) in [4.78, 5) is 11.6. The van der Waals surface area contributed by atoms with Crippen LogP contribution >= 0.6 is 0 Å². The number of hydrogen-bond donors (Lipinski definition) is 3. The number of amides is 2. The SMILES string of the molecule is CC(CO)C(C)NC(=O)Nc1cnn(CC(F)F)c1. The van der Waals surface area contributed by atoms with Gasteiger partial charge in [-0.1, -0.05) is 6.92 Å². The van der Waals surface area contributed by atoms with E-state index in [-0.39, 0.29) is 18.6 Å². The Bertz CT molecular complexity index is 411. The van der Waals surface area contributed by atoms with Crippen molar-refractivity contribution in [1.82, 2.24) is 15.1 Å². The second kappa shape index (κ2) is 7.03. The van der Waals surface area contributed by atoms with Gasteiger partial charge in [0, 0.05) is 18.8 Å². The van der Waals surface area contributed by atoms with Gasteiger partial charge in [0.2, 0.25) is 0 Å². The van der Waals surface area contributed by atoms with Crippen molar-refractivity contribution in [3.8, 4) is 0 Å². The molecular weight excluding hydrogens is 258 g/mol. The van der Waals surface area contributed by atoms with E-state index in [9.17, 15) is 13.6 Å². The Morgan fingerprint density at radius 2 is 2.21 bits per heavy atom. The number of anilines is 1. The zero-order chi connectivity index (χ0) is 14.4. The normalized spacial score (nSPS) is 14.2. The fourth-order valence-corrected chi connectivity index (χ4v) is 1.34. The molecule has 0 aromatic carbocycles. The van der Waals surface area contributed by atoms with E-state index in [4.69, 9.17) is 5.11 Å². The Balaban J connectivity index is 2.46. The molecule has 0 saturated heterocycles. The Morgan fingerprint density at radius 1 is 1.53 bits per heavy atom. The van der Waals surface area contributed by atoms with Gasteiger partial charge in [-0.25, -0.2) is 13.6 Å². The number of rotatable bonds is 6. The summed E-state index contributed by atoms with van der Waals surface area (Å²) in [7, 11) is 0. The summed E-state index contributed by atoms with van der Waals surface area (Å²) in [6, 6.07) is -0.675. The van der Waals surface area contributed by atoms with Crippen LogP contribution in [0.5, 0.6) is 0 Å². The molecule has 0 aliphatic carbocycles. The molecular formula is C11H18F2N4O2. The molecule has 8 heteroatoms. The molecule has 0 aliphatic heterocycles. The molecule has 19 heavy (non-hydrogen) atoms. The van der Waals surface area contributed by atoms with E-state index in [1.54, 1.807) is 13.8 Å². The van der Waals surface area contributed by atoms with Crippen molar-refractivity contribution >= 4 is 11.7 Å². The fraction of sp³-hybridized carbons (Fsp3) is 0.636. The lowest BCUT2D eigenvalue weighted by atomic mass is 10.1. The third kappa shape index (κ3) is 5.21. The number of aliphatic hydroxyl groups excluding tert-OH is 1. The predicted molar refractivity (Wildman–Crippen MR) is 66.1 cm³/mol. The summed E-state index contributed by atoms with van der Waals surface area (Å²) >= 11 is 0. The molecule has 0 bridgehead atoms. The number of aromatic nitrogens is 2. The molecule has 3 N–H and O–H groups in total. The smallest absolute Gasteiger partial charge is 0.319 e. The number of urea groups is 1. The lowest BCUT2D eigenvalue weighted by Gasteiger charge is -2.19. The molecule has 1 heterocycles. The third-order valence-corrected chi connectivity index (χ3v) is 2.72. The standard InChI is InChI=1S/C11H18F2N4O2/c1-7(6-18)8(2)15-11(19)16-9-3-14-17(4-9)5-10(12)13/h3-4,7-8,10,18H,5-6H2,1-2H3,(H2,15,16,19). The maximum absolute atomic E-state index is 12.1. The Morgan fingerprint density at radius 3 is 2.79 bits per heavy atom. The molecule has 2 amide bonds. The highest BCUT2D eigenvalue weighted by atomic mass is 19.3. The summed E-state index contributed by atoms with van der Waals surface area (Å²) < 4.78 is 25.3. The Hall–Kier alpha value is -1.70. The minimum absolute atomic E-state index is 0.0340. The largest absolute Gasteiger partial charge is 0.396 e. The summed E-state index contributed by atoms with van der Waals surface area (Å²) in [6.07, 6.45) is 0.126. The molecule has 2 unspecified atom stereocenters. The van der Waals surface area contributed by atoms with Crippen molar-refractivity contribution in [2.45, 2.75) is 32.9 Å². The maximum atomic E-state index is 12.1. The van der Waals surface area contributed by atoms with Gasteiger partial charge < -0.3 is 15.7 Å². The number of aliphatic hydroxyl groups is 1. The predicted octanol–water partition coefficient (Wildman–Crippen LogP) is 1.29. The van der Waals surface area contributed by atoms with Crippen molar-refractivity contribution in [3.05, 3.63) is 12.4 Å². The van der Waals surface area contributed by atoms with E-state index in [0.717, 1.165) is 4.68 Å². The average Bonchev–Trinajstić information content (AvgIpc) is 2.73. The first-order valence-electron chi connectivity index (χ1n) is 5.91. The van der Waals surface area contributed by atoms with Crippen LogP contribution in [0.4, 0.5) is 19.3 Å². The van der Waals surface area contributed by atoms with Gasteiger partial charge in [0.15, 0.2) is 0 Å². The second-order valence-electron chi connectivity index (χ2n) is 4.39.